The van der Waals surface area contributed by atoms with E-state index in [1.165, 1.54) is 29.3 Å². The highest BCUT2D eigenvalue weighted by Crippen LogP contribution is 2.30. The molecule has 50 heavy (non-hydrogen) atoms. The molecule has 1 unspecified atom stereocenters. The molecule has 5 aromatic rings. The molecule has 0 aliphatic carbocycles. The van der Waals surface area contributed by atoms with Gasteiger partial charge < -0.3 is 18.9 Å². The number of carbonyl (C=O) groups is 2. The molecule has 15 heteroatoms. The number of esters is 1. The lowest BCUT2D eigenvalue weighted by Gasteiger charge is -2.26. The Bertz CT molecular complexity index is 2000. The SMILES string of the molecule is CN(CC(=O)N(Cc1nccn1C)c1ccc(C(=O)OCc2ccccc2)c(OCc2ccccc2)c1)S(=O)c1c(F)c(F)c(F)c(F)c1F. The third-order valence-electron chi connectivity index (χ3n) is 7.45. The molecule has 0 fully saturated rings. The fraction of sp³-hybridized carbons (Fsp3) is 0.171. The van der Waals surface area contributed by atoms with Crippen molar-refractivity contribution in [1.82, 2.24) is 13.9 Å². The second-order valence-electron chi connectivity index (χ2n) is 10.9. The van der Waals surface area contributed by atoms with Crippen molar-refractivity contribution >= 4 is 28.5 Å². The van der Waals surface area contributed by atoms with Gasteiger partial charge in [0.2, 0.25) is 11.7 Å². The molecule has 1 amide bonds. The summed E-state index contributed by atoms with van der Waals surface area (Å²) in [6.45, 7) is -0.963. The van der Waals surface area contributed by atoms with E-state index in [2.05, 4.69) is 4.98 Å². The van der Waals surface area contributed by atoms with E-state index in [-0.39, 0.29) is 36.8 Å². The molecule has 9 nitrogen and oxygen atoms in total. The first-order valence-corrected chi connectivity index (χ1v) is 16.0. The van der Waals surface area contributed by atoms with E-state index in [0.29, 0.717) is 10.1 Å². The van der Waals surface area contributed by atoms with E-state index in [4.69, 9.17) is 9.47 Å². The van der Waals surface area contributed by atoms with Crippen LogP contribution >= 0.6 is 0 Å². The lowest BCUT2D eigenvalue weighted by atomic mass is 10.1. The van der Waals surface area contributed by atoms with Crippen molar-refractivity contribution in [3.05, 3.63) is 143 Å². The van der Waals surface area contributed by atoms with Crippen molar-refractivity contribution < 1.29 is 45.2 Å². The van der Waals surface area contributed by atoms with Crippen LogP contribution < -0.4 is 9.64 Å². The van der Waals surface area contributed by atoms with Gasteiger partial charge in [-0.3, -0.25) is 4.79 Å². The number of hydrogen-bond donors (Lipinski definition) is 0. The molecular weight excluding hydrogens is 683 g/mol. The maximum atomic E-state index is 14.5. The van der Waals surface area contributed by atoms with Gasteiger partial charge in [0, 0.05) is 38.2 Å². The largest absolute Gasteiger partial charge is 0.488 e. The second kappa shape index (κ2) is 15.9. The number of amides is 1. The summed E-state index contributed by atoms with van der Waals surface area (Å²) >= 11 is 0. The highest BCUT2D eigenvalue weighted by Gasteiger charge is 2.32. The minimum absolute atomic E-state index is 0.0180. The summed E-state index contributed by atoms with van der Waals surface area (Å²) in [6, 6.07) is 22.3. The van der Waals surface area contributed by atoms with Gasteiger partial charge in [0.1, 0.15) is 46.2 Å². The van der Waals surface area contributed by atoms with Gasteiger partial charge in [-0.25, -0.2) is 40.2 Å². The van der Waals surface area contributed by atoms with E-state index in [1.807, 2.05) is 36.4 Å². The number of likely N-dealkylation sites (N-methyl/N-ethyl adjacent to an activating group) is 1. The Balaban J connectivity index is 1.47. The Morgan fingerprint density at radius 1 is 0.820 bits per heavy atom. The van der Waals surface area contributed by atoms with E-state index in [9.17, 15) is 35.8 Å². The number of aromatic nitrogens is 2. The minimum atomic E-state index is -2.99. The van der Waals surface area contributed by atoms with Crippen molar-refractivity contribution in [3.63, 3.8) is 0 Å². The maximum absolute atomic E-state index is 14.5. The fourth-order valence-corrected chi connectivity index (χ4v) is 5.77. The molecule has 260 valence electrons. The van der Waals surface area contributed by atoms with Crippen molar-refractivity contribution in [1.29, 1.82) is 0 Å². The summed E-state index contributed by atoms with van der Waals surface area (Å²) in [6.07, 6.45) is 3.12. The Morgan fingerprint density at radius 2 is 1.40 bits per heavy atom. The van der Waals surface area contributed by atoms with Crippen molar-refractivity contribution in [2.45, 2.75) is 24.7 Å². The average Bonchev–Trinajstić information content (AvgIpc) is 3.54. The number of aryl methyl sites for hydroxylation is 1. The molecule has 0 saturated heterocycles. The molecule has 0 saturated carbocycles. The van der Waals surface area contributed by atoms with Crippen LogP contribution in [0, 0.1) is 29.1 Å². The number of halogens is 5. The van der Waals surface area contributed by atoms with E-state index in [0.717, 1.165) is 18.2 Å². The number of anilines is 1. The quantitative estimate of drug-likeness (QED) is 0.0622. The molecule has 1 aromatic heterocycles. The minimum Gasteiger partial charge on any atom is -0.488 e. The van der Waals surface area contributed by atoms with Crippen LogP contribution in [0.2, 0.25) is 0 Å². The van der Waals surface area contributed by atoms with Crippen molar-refractivity contribution in [2.75, 3.05) is 18.5 Å². The van der Waals surface area contributed by atoms with E-state index in [1.54, 1.807) is 42.1 Å². The molecule has 0 spiro atoms. The smallest absolute Gasteiger partial charge is 0.342 e. The van der Waals surface area contributed by atoms with Crippen LogP contribution in [-0.2, 0) is 47.3 Å². The number of benzene rings is 4. The average molecular weight is 713 g/mol. The van der Waals surface area contributed by atoms with Gasteiger partial charge in [-0.05, 0) is 23.3 Å². The summed E-state index contributed by atoms with van der Waals surface area (Å²) in [5, 5.41) is 0. The predicted octanol–water partition coefficient (Wildman–Crippen LogP) is 6.24. The lowest BCUT2D eigenvalue weighted by Crippen LogP contribution is -2.40. The van der Waals surface area contributed by atoms with Gasteiger partial charge >= 0.3 is 5.97 Å². The Morgan fingerprint density at radius 3 is 1.98 bits per heavy atom. The highest BCUT2D eigenvalue weighted by molar-refractivity contribution is 7.82. The van der Waals surface area contributed by atoms with Gasteiger partial charge in [-0.2, -0.15) is 0 Å². The molecule has 0 bridgehead atoms. The topological polar surface area (TPSA) is 94.0 Å². The van der Waals surface area contributed by atoms with Crippen LogP contribution in [0.25, 0.3) is 0 Å². The Kier molecular flexibility index (Phi) is 11.4. The van der Waals surface area contributed by atoms with Gasteiger partial charge in [0.05, 0.1) is 13.1 Å². The fourth-order valence-electron chi connectivity index (χ4n) is 4.75. The molecule has 0 aliphatic rings. The molecule has 1 heterocycles. The molecule has 0 aliphatic heterocycles. The van der Waals surface area contributed by atoms with Crippen LogP contribution in [-0.4, -0.2) is 43.5 Å². The van der Waals surface area contributed by atoms with Crippen LogP contribution in [0.4, 0.5) is 27.6 Å². The number of hydrogen-bond acceptors (Lipinski definition) is 6. The van der Waals surface area contributed by atoms with Crippen molar-refractivity contribution in [3.8, 4) is 5.75 Å². The highest BCUT2D eigenvalue weighted by atomic mass is 32.2. The summed E-state index contributed by atoms with van der Waals surface area (Å²) in [4.78, 5) is 30.9. The van der Waals surface area contributed by atoms with Crippen LogP contribution in [0.3, 0.4) is 0 Å². The molecular formula is C35H29F5N4O5S. The number of ether oxygens (including phenoxy) is 2. The van der Waals surface area contributed by atoms with Crippen LogP contribution in [0.5, 0.6) is 5.75 Å². The van der Waals surface area contributed by atoms with Gasteiger partial charge in [-0.15, -0.1) is 0 Å². The zero-order chi connectivity index (χ0) is 35.9. The molecule has 0 N–H and O–H groups in total. The second-order valence-corrected chi connectivity index (χ2v) is 12.4. The Labute approximate surface area is 286 Å². The standard InChI is InChI=1S/C35H29F5N4O5S/c1-42-16-15-41-27(42)18-44(28(45)19-43(2)50(47)34-32(39)30(37)29(36)31(38)33(34)40)24-13-14-25(35(46)49-21-23-11-7-4-8-12-23)26(17-24)48-20-22-9-5-3-6-10-22/h3-17H,18-21H2,1-2H3. The van der Waals surface area contributed by atoms with E-state index >= 15 is 0 Å². The first-order valence-electron chi connectivity index (χ1n) is 14.9. The maximum Gasteiger partial charge on any atom is 0.342 e. The van der Waals surface area contributed by atoms with Gasteiger partial charge in [0.25, 0.3) is 0 Å². The number of rotatable bonds is 13. The summed E-state index contributed by atoms with van der Waals surface area (Å²) in [5.74, 6) is -12.6. The number of carbonyl (C=O) groups excluding carboxylic acids is 2. The molecule has 5 rings (SSSR count). The van der Waals surface area contributed by atoms with Crippen LogP contribution in [0.15, 0.2) is 96.2 Å². The Hall–Kier alpha value is -5.41. The summed E-state index contributed by atoms with van der Waals surface area (Å²) in [5.41, 5.74) is 1.76. The van der Waals surface area contributed by atoms with Gasteiger partial charge in [-0.1, -0.05) is 60.7 Å². The third kappa shape index (κ3) is 8.06. The van der Waals surface area contributed by atoms with Crippen molar-refractivity contribution in [2.24, 2.45) is 7.05 Å². The molecule has 0 radical (unpaired) electrons. The summed E-state index contributed by atoms with van der Waals surface area (Å²) in [7, 11) is -0.296. The third-order valence-corrected chi connectivity index (χ3v) is 8.86. The van der Waals surface area contributed by atoms with Gasteiger partial charge in [0.15, 0.2) is 23.3 Å². The zero-order valence-corrected chi connectivity index (χ0v) is 27.4. The molecule has 1 atom stereocenters. The lowest BCUT2D eigenvalue weighted by molar-refractivity contribution is -0.118. The normalized spacial score (nSPS) is 11.8. The summed E-state index contributed by atoms with van der Waals surface area (Å²) < 4.78 is 97.2. The first-order chi connectivity index (χ1) is 24.0. The van der Waals surface area contributed by atoms with E-state index < -0.39 is 63.4 Å². The first kappa shape index (κ1) is 35.9. The number of imidazole rings is 1. The molecule has 4 aromatic carbocycles. The van der Waals surface area contributed by atoms with Crippen LogP contribution in [0.1, 0.15) is 27.3 Å². The zero-order valence-electron chi connectivity index (χ0n) is 26.6. The predicted molar refractivity (Wildman–Crippen MR) is 172 cm³/mol. The number of nitrogens with zero attached hydrogens (tertiary/aromatic N) is 4. The monoisotopic (exact) mass is 712 g/mol.